The molecule has 0 aromatic carbocycles. The third-order valence-electron chi connectivity index (χ3n) is 3.55. The molecule has 1 fully saturated rings. The fourth-order valence-electron chi connectivity index (χ4n) is 2.40. The first kappa shape index (κ1) is 11.5. The fraction of sp³-hybridized carbons (Fsp3) is 0.909. The van der Waals surface area contributed by atoms with E-state index in [2.05, 4.69) is 34.7 Å². The van der Waals surface area contributed by atoms with Gasteiger partial charge in [0.1, 0.15) is 0 Å². The van der Waals surface area contributed by atoms with Gasteiger partial charge >= 0.3 is 0 Å². The second kappa shape index (κ2) is 4.49. The predicted octanol–water partition coefficient (Wildman–Crippen LogP) is 1.53. The zero-order valence-corrected chi connectivity index (χ0v) is 10.4. The first-order chi connectivity index (χ1) is 7.62. The summed E-state index contributed by atoms with van der Waals surface area (Å²) >= 11 is 0. The van der Waals surface area contributed by atoms with Crippen molar-refractivity contribution >= 4 is 0 Å². The SMILES string of the molecule is CNCc1nnnn1C1CCC(C)(C)CC1. The summed E-state index contributed by atoms with van der Waals surface area (Å²) in [5.74, 6) is 0.951. The van der Waals surface area contributed by atoms with Crippen LogP contribution >= 0.6 is 0 Å². The van der Waals surface area contributed by atoms with Gasteiger partial charge in [-0.3, -0.25) is 0 Å². The first-order valence-corrected chi connectivity index (χ1v) is 6.04. The molecular weight excluding hydrogens is 202 g/mol. The summed E-state index contributed by atoms with van der Waals surface area (Å²) in [4.78, 5) is 0. The van der Waals surface area contributed by atoms with Crippen LogP contribution in [0.1, 0.15) is 51.4 Å². The molecule has 0 saturated heterocycles. The lowest BCUT2D eigenvalue weighted by atomic mass is 9.75. The van der Waals surface area contributed by atoms with Crippen LogP contribution in [-0.2, 0) is 6.54 Å². The third-order valence-corrected chi connectivity index (χ3v) is 3.55. The Morgan fingerprint density at radius 2 is 2.06 bits per heavy atom. The summed E-state index contributed by atoms with van der Waals surface area (Å²) in [5, 5.41) is 15.1. The Balaban J connectivity index is 2.05. The minimum absolute atomic E-state index is 0.492. The maximum atomic E-state index is 4.12. The number of aromatic nitrogens is 4. The molecule has 1 aliphatic rings. The highest BCUT2D eigenvalue weighted by molar-refractivity contribution is 4.87. The molecule has 1 aromatic rings. The van der Waals surface area contributed by atoms with Gasteiger partial charge in [-0.1, -0.05) is 13.8 Å². The predicted molar refractivity (Wildman–Crippen MR) is 61.9 cm³/mol. The standard InChI is InChI=1S/C11H21N5/c1-11(2)6-4-9(5-7-11)16-10(8-12-3)13-14-15-16/h9,12H,4-8H2,1-3H3. The van der Waals surface area contributed by atoms with E-state index in [1.54, 1.807) is 0 Å². The topological polar surface area (TPSA) is 55.6 Å². The Hall–Kier alpha value is -0.970. The van der Waals surface area contributed by atoms with Gasteiger partial charge in [0.25, 0.3) is 0 Å². The van der Waals surface area contributed by atoms with Crippen molar-refractivity contribution in [1.82, 2.24) is 25.5 Å². The van der Waals surface area contributed by atoms with Gasteiger partial charge in [-0.2, -0.15) is 0 Å². The van der Waals surface area contributed by atoms with Crippen LogP contribution in [0.5, 0.6) is 0 Å². The van der Waals surface area contributed by atoms with Crippen molar-refractivity contribution in [3.63, 3.8) is 0 Å². The monoisotopic (exact) mass is 223 g/mol. The number of nitrogens with zero attached hydrogens (tertiary/aromatic N) is 4. The quantitative estimate of drug-likeness (QED) is 0.844. The Morgan fingerprint density at radius 1 is 1.38 bits per heavy atom. The molecule has 1 N–H and O–H groups in total. The summed E-state index contributed by atoms with van der Waals surface area (Å²) in [5.41, 5.74) is 0.494. The maximum absolute atomic E-state index is 4.12. The van der Waals surface area contributed by atoms with Crippen molar-refractivity contribution in [2.24, 2.45) is 5.41 Å². The van der Waals surface area contributed by atoms with Crippen molar-refractivity contribution in [2.75, 3.05) is 7.05 Å². The Labute approximate surface area is 96.6 Å². The molecule has 0 amide bonds. The number of hydrogen-bond acceptors (Lipinski definition) is 4. The van der Waals surface area contributed by atoms with E-state index in [9.17, 15) is 0 Å². The van der Waals surface area contributed by atoms with E-state index >= 15 is 0 Å². The summed E-state index contributed by atoms with van der Waals surface area (Å²) in [6, 6.07) is 0.492. The molecular formula is C11H21N5. The fourth-order valence-corrected chi connectivity index (χ4v) is 2.40. The summed E-state index contributed by atoms with van der Waals surface area (Å²) in [7, 11) is 1.92. The number of rotatable bonds is 3. The maximum Gasteiger partial charge on any atom is 0.165 e. The van der Waals surface area contributed by atoms with Crippen LogP contribution in [0.2, 0.25) is 0 Å². The zero-order valence-electron chi connectivity index (χ0n) is 10.4. The molecule has 90 valence electrons. The van der Waals surface area contributed by atoms with Crippen LogP contribution in [0.3, 0.4) is 0 Å². The van der Waals surface area contributed by atoms with Gasteiger partial charge in [0, 0.05) is 0 Å². The molecule has 16 heavy (non-hydrogen) atoms. The van der Waals surface area contributed by atoms with Gasteiger partial charge in [0.15, 0.2) is 5.82 Å². The van der Waals surface area contributed by atoms with E-state index in [-0.39, 0.29) is 0 Å². The van der Waals surface area contributed by atoms with Gasteiger partial charge in [-0.15, -0.1) is 5.10 Å². The molecule has 0 radical (unpaired) electrons. The molecule has 0 unspecified atom stereocenters. The summed E-state index contributed by atoms with van der Waals surface area (Å²) in [6.45, 7) is 5.43. The van der Waals surface area contributed by atoms with E-state index < -0.39 is 0 Å². The molecule has 1 heterocycles. The lowest BCUT2D eigenvalue weighted by Gasteiger charge is -2.34. The van der Waals surface area contributed by atoms with E-state index in [1.807, 2.05) is 11.7 Å². The number of hydrogen-bond donors (Lipinski definition) is 1. The average molecular weight is 223 g/mol. The molecule has 1 aliphatic carbocycles. The molecule has 0 spiro atoms. The summed E-state index contributed by atoms with van der Waals surface area (Å²) in [6.07, 6.45) is 4.90. The molecule has 1 aromatic heterocycles. The van der Waals surface area contributed by atoms with E-state index in [0.717, 1.165) is 12.4 Å². The van der Waals surface area contributed by atoms with Crippen LogP contribution in [0.15, 0.2) is 0 Å². The van der Waals surface area contributed by atoms with E-state index in [4.69, 9.17) is 0 Å². The van der Waals surface area contributed by atoms with Gasteiger partial charge < -0.3 is 5.32 Å². The highest BCUT2D eigenvalue weighted by Crippen LogP contribution is 2.39. The van der Waals surface area contributed by atoms with E-state index in [0.29, 0.717) is 11.5 Å². The van der Waals surface area contributed by atoms with Gasteiger partial charge in [0.05, 0.1) is 12.6 Å². The highest BCUT2D eigenvalue weighted by atomic mass is 15.6. The highest BCUT2D eigenvalue weighted by Gasteiger charge is 2.29. The molecule has 5 nitrogen and oxygen atoms in total. The Kier molecular flexibility index (Phi) is 3.23. The van der Waals surface area contributed by atoms with Gasteiger partial charge in [0.2, 0.25) is 0 Å². The second-order valence-corrected chi connectivity index (χ2v) is 5.47. The molecule has 0 aliphatic heterocycles. The smallest absolute Gasteiger partial charge is 0.165 e. The molecule has 1 saturated carbocycles. The molecule has 0 bridgehead atoms. The largest absolute Gasteiger partial charge is 0.313 e. The van der Waals surface area contributed by atoms with Crippen molar-refractivity contribution in [2.45, 2.75) is 52.1 Å². The van der Waals surface area contributed by atoms with E-state index in [1.165, 1.54) is 25.7 Å². The number of tetrazole rings is 1. The van der Waals surface area contributed by atoms with Crippen LogP contribution in [0, 0.1) is 5.41 Å². The van der Waals surface area contributed by atoms with Crippen LogP contribution in [0.4, 0.5) is 0 Å². The van der Waals surface area contributed by atoms with Crippen LogP contribution in [-0.4, -0.2) is 27.3 Å². The van der Waals surface area contributed by atoms with Crippen molar-refractivity contribution in [3.8, 4) is 0 Å². The van der Waals surface area contributed by atoms with Crippen molar-refractivity contribution in [3.05, 3.63) is 5.82 Å². The average Bonchev–Trinajstić information content (AvgIpc) is 2.67. The summed E-state index contributed by atoms with van der Waals surface area (Å²) < 4.78 is 2.01. The third kappa shape index (κ3) is 2.40. The minimum Gasteiger partial charge on any atom is -0.313 e. The second-order valence-electron chi connectivity index (χ2n) is 5.47. The Bertz CT molecular complexity index is 334. The first-order valence-electron chi connectivity index (χ1n) is 6.04. The lowest BCUT2D eigenvalue weighted by molar-refractivity contribution is 0.182. The lowest BCUT2D eigenvalue weighted by Crippen LogP contribution is -2.26. The van der Waals surface area contributed by atoms with Crippen molar-refractivity contribution in [1.29, 1.82) is 0 Å². The molecule has 0 atom stereocenters. The minimum atomic E-state index is 0.492. The normalized spacial score (nSPS) is 21.2. The molecule has 5 heteroatoms. The van der Waals surface area contributed by atoms with Gasteiger partial charge in [-0.25, -0.2) is 4.68 Å². The van der Waals surface area contributed by atoms with Crippen molar-refractivity contribution < 1.29 is 0 Å². The Morgan fingerprint density at radius 3 is 2.69 bits per heavy atom. The van der Waals surface area contributed by atoms with Crippen LogP contribution in [0.25, 0.3) is 0 Å². The van der Waals surface area contributed by atoms with Crippen LogP contribution < -0.4 is 5.32 Å². The van der Waals surface area contributed by atoms with Gasteiger partial charge in [-0.05, 0) is 48.6 Å². The molecule has 2 rings (SSSR count). The zero-order chi connectivity index (χ0) is 11.6. The number of nitrogens with one attached hydrogen (secondary N) is 1.